The molecule has 4 nitrogen and oxygen atoms in total. The molecule has 0 aromatic heterocycles. The maximum atomic E-state index is 12.4. The van der Waals surface area contributed by atoms with E-state index in [2.05, 4.69) is 10.1 Å². The fourth-order valence-corrected chi connectivity index (χ4v) is 3.64. The first-order valence-corrected chi connectivity index (χ1v) is 8.10. The van der Waals surface area contributed by atoms with E-state index in [1.54, 1.807) is 12.1 Å². The Morgan fingerprint density at radius 3 is 2.78 bits per heavy atom. The predicted molar refractivity (Wildman–Crippen MR) is 80.2 cm³/mol. The van der Waals surface area contributed by atoms with Gasteiger partial charge in [-0.2, -0.15) is 8.78 Å². The minimum atomic E-state index is -2.84. The molecule has 2 aliphatic rings. The van der Waals surface area contributed by atoms with Crippen LogP contribution in [-0.4, -0.2) is 23.7 Å². The zero-order valence-corrected chi connectivity index (χ0v) is 12.8. The summed E-state index contributed by atoms with van der Waals surface area (Å²) < 4.78 is 29.1. The summed E-state index contributed by atoms with van der Waals surface area (Å²) >= 11 is 0. The highest BCUT2D eigenvalue weighted by Crippen LogP contribution is 2.34. The molecule has 0 radical (unpaired) electrons. The lowest BCUT2D eigenvalue weighted by molar-refractivity contribution is -0.128. The highest BCUT2D eigenvalue weighted by Gasteiger charge is 2.33. The second-order valence-electron chi connectivity index (χ2n) is 6.30. The number of fused-ring (bicyclic) bond motifs is 1. The van der Waals surface area contributed by atoms with Gasteiger partial charge in [-0.05, 0) is 61.8 Å². The quantitative estimate of drug-likeness (QED) is 0.895. The van der Waals surface area contributed by atoms with Gasteiger partial charge in [-0.15, -0.1) is 0 Å². The smallest absolute Gasteiger partial charge is 0.387 e. The van der Waals surface area contributed by atoms with Crippen molar-refractivity contribution in [1.29, 1.82) is 0 Å². The van der Waals surface area contributed by atoms with Crippen molar-refractivity contribution in [3.63, 3.8) is 0 Å². The minimum Gasteiger partial charge on any atom is -0.435 e. The van der Waals surface area contributed by atoms with Gasteiger partial charge in [-0.3, -0.25) is 4.79 Å². The Morgan fingerprint density at radius 2 is 2.09 bits per heavy atom. The minimum absolute atomic E-state index is 0.110. The Hall–Kier alpha value is -1.69. The lowest BCUT2D eigenvalue weighted by atomic mass is 9.87. The van der Waals surface area contributed by atoms with Crippen LogP contribution in [0.1, 0.15) is 49.3 Å². The predicted octanol–water partition coefficient (Wildman–Crippen LogP) is 2.94. The first kappa shape index (κ1) is 16.2. The molecule has 1 saturated carbocycles. The molecule has 1 fully saturated rings. The molecular weight excluding hydrogens is 304 g/mol. The average Bonchev–Trinajstić information content (AvgIpc) is 2.93. The molecule has 0 saturated heterocycles. The van der Waals surface area contributed by atoms with Crippen LogP contribution < -0.4 is 10.1 Å². The van der Waals surface area contributed by atoms with Crippen LogP contribution in [0.3, 0.4) is 0 Å². The number of alkyl halides is 2. The number of halogens is 2. The van der Waals surface area contributed by atoms with Gasteiger partial charge in [-0.1, -0.05) is 6.07 Å². The second kappa shape index (κ2) is 6.83. The van der Waals surface area contributed by atoms with E-state index in [9.17, 15) is 18.7 Å². The van der Waals surface area contributed by atoms with Gasteiger partial charge in [0.05, 0.1) is 18.1 Å². The molecule has 3 atom stereocenters. The Labute approximate surface area is 133 Å². The molecule has 2 N–H and O–H groups in total. The molecule has 3 unspecified atom stereocenters. The molecule has 6 heteroatoms. The van der Waals surface area contributed by atoms with Crippen LogP contribution in [0.5, 0.6) is 5.75 Å². The van der Waals surface area contributed by atoms with Crippen LogP contribution in [0.4, 0.5) is 8.78 Å². The zero-order valence-electron chi connectivity index (χ0n) is 12.8. The van der Waals surface area contributed by atoms with Crippen LogP contribution in [0, 0.1) is 5.92 Å². The maximum absolute atomic E-state index is 12.4. The van der Waals surface area contributed by atoms with Crippen LogP contribution in [0.25, 0.3) is 0 Å². The molecule has 0 bridgehead atoms. The summed E-state index contributed by atoms with van der Waals surface area (Å²) in [6, 6.07) is 4.77. The molecule has 1 amide bonds. The Balaban J connectivity index is 1.72. The molecule has 1 aromatic carbocycles. The van der Waals surface area contributed by atoms with Crippen molar-refractivity contribution in [2.45, 2.75) is 57.3 Å². The molecule has 23 heavy (non-hydrogen) atoms. The largest absolute Gasteiger partial charge is 0.435 e. The third kappa shape index (κ3) is 3.63. The molecular formula is C17H21F2NO3. The van der Waals surface area contributed by atoms with Gasteiger partial charge in [0.1, 0.15) is 5.75 Å². The number of aliphatic hydroxyl groups is 1. The Kier molecular flexibility index (Phi) is 4.80. The van der Waals surface area contributed by atoms with E-state index in [1.165, 1.54) is 6.07 Å². The van der Waals surface area contributed by atoms with Crippen LogP contribution in [0.15, 0.2) is 18.2 Å². The number of amides is 1. The lowest BCUT2D eigenvalue weighted by Crippen LogP contribution is -2.38. The molecule has 2 aliphatic carbocycles. The van der Waals surface area contributed by atoms with Gasteiger partial charge in [-0.25, -0.2) is 0 Å². The van der Waals surface area contributed by atoms with Gasteiger partial charge in [0, 0.05) is 0 Å². The molecule has 126 valence electrons. The molecule has 3 rings (SSSR count). The van der Waals surface area contributed by atoms with E-state index in [4.69, 9.17) is 0 Å². The number of nitrogens with one attached hydrogen (secondary N) is 1. The normalized spacial score (nSPS) is 26.9. The van der Waals surface area contributed by atoms with Crippen LogP contribution in [-0.2, 0) is 11.2 Å². The van der Waals surface area contributed by atoms with Crippen molar-refractivity contribution in [2.24, 2.45) is 5.92 Å². The second-order valence-corrected chi connectivity index (χ2v) is 6.30. The van der Waals surface area contributed by atoms with Gasteiger partial charge in [0.25, 0.3) is 0 Å². The van der Waals surface area contributed by atoms with E-state index in [-0.39, 0.29) is 23.6 Å². The SMILES string of the molecule is O=C(NC1CCCc2cc(OC(F)F)ccc21)C1CCCC1O. The molecule has 0 heterocycles. The summed E-state index contributed by atoms with van der Waals surface area (Å²) in [5, 5.41) is 12.9. The van der Waals surface area contributed by atoms with Crippen molar-refractivity contribution >= 4 is 5.91 Å². The van der Waals surface area contributed by atoms with Gasteiger partial charge in [0.15, 0.2) is 0 Å². The van der Waals surface area contributed by atoms with E-state index >= 15 is 0 Å². The highest BCUT2D eigenvalue weighted by atomic mass is 19.3. The number of aryl methyl sites for hydroxylation is 1. The van der Waals surface area contributed by atoms with E-state index in [1.807, 2.05) is 0 Å². The summed E-state index contributed by atoms with van der Waals surface area (Å²) in [6.45, 7) is -2.84. The number of hydrogen-bond donors (Lipinski definition) is 2. The van der Waals surface area contributed by atoms with E-state index in [0.29, 0.717) is 12.8 Å². The summed E-state index contributed by atoms with van der Waals surface area (Å²) in [7, 11) is 0. The van der Waals surface area contributed by atoms with Gasteiger partial charge >= 0.3 is 6.61 Å². The summed E-state index contributed by atoms with van der Waals surface area (Å²) in [5.74, 6) is -0.292. The first-order chi connectivity index (χ1) is 11.0. The Morgan fingerprint density at radius 1 is 1.26 bits per heavy atom. The third-order valence-corrected chi connectivity index (χ3v) is 4.79. The van der Waals surface area contributed by atoms with Crippen LogP contribution >= 0.6 is 0 Å². The first-order valence-electron chi connectivity index (χ1n) is 8.10. The highest BCUT2D eigenvalue weighted by molar-refractivity contribution is 5.80. The molecule has 1 aromatic rings. The summed E-state index contributed by atoms with van der Waals surface area (Å²) in [6.07, 6.45) is 4.18. The summed E-state index contributed by atoms with van der Waals surface area (Å²) in [5.41, 5.74) is 1.89. The number of ether oxygens (including phenoxy) is 1. The number of hydrogen-bond acceptors (Lipinski definition) is 3. The molecule has 0 spiro atoms. The fraction of sp³-hybridized carbons (Fsp3) is 0.588. The van der Waals surface area contributed by atoms with E-state index < -0.39 is 12.7 Å². The summed E-state index contributed by atoms with van der Waals surface area (Å²) in [4.78, 5) is 12.4. The lowest BCUT2D eigenvalue weighted by Gasteiger charge is -2.28. The van der Waals surface area contributed by atoms with E-state index in [0.717, 1.165) is 36.8 Å². The van der Waals surface area contributed by atoms with Gasteiger partial charge < -0.3 is 15.2 Å². The number of benzene rings is 1. The van der Waals surface area contributed by atoms with Crippen molar-refractivity contribution in [3.8, 4) is 5.75 Å². The Bertz CT molecular complexity index is 579. The standard InChI is InChI=1S/C17H21F2NO3/c18-17(19)23-11-7-8-12-10(9-11)3-1-5-14(12)20-16(22)13-4-2-6-15(13)21/h7-9,13-15,17,21H,1-6H2,(H,20,22). The fourth-order valence-electron chi connectivity index (χ4n) is 3.64. The van der Waals surface area contributed by atoms with Gasteiger partial charge in [0.2, 0.25) is 5.91 Å². The third-order valence-electron chi connectivity index (χ3n) is 4.79. The van der Waals surface area contributed by atoms with Crippen LogP contribution in [0.2, 0.25) is 0 Å². The zero-order chi connectivity index (χ0) is 16.4. The topological polar surface area (TPSA) is 58.6 Å². The number of rotatable bonds is 4. The molecule has 0 aliphatic heterocycles. The average molecular weight is 325 g/mol. The van der Waals surface area contributed by atoms with Crippen molar-refractivity contribution < 1.29 is 23.4 Å². The monoisotopic (exact) mass is 325 g/mol. The van der Waals surface area contributed by atoms with Crippen molar-refractivity contribution in [2.75, 3.05) is 0 Å². The van der Waals surface area contributed by atoms with Crippen molar-refractivity contribution in [3.05, 3.63) is 29.3 Å². The maximum Gasteiger partial charge on any atom is 0.387 e. The number of carbonyl (C=O) groups excluding carboxylic acids is 1. The number of aliphatic hydroxyl groups excluding tert-OH is 1. The van der Waals surface area contributed by atoms with Crippen molar-refractivity contribution in [1.82, 2.24) is 5.32 Å². The number of carbonyl (C=O) groups is 1.